The normalized spacial score (nSPS) is 23.8. The highest BCUT2D eigenvalue weighted by molar-refractivity contribution is 5.13. The van der Waals surface area contributed by atoms with Crippen LogP contribution in [-0.4, -0.2) is 4.98 Å². The summed E-state index contributed by atoms with van der Waals surface area (Å²) in [6, 6.07) is 6.18. The van der Waals surface area contributed by atoms with E-state index in [4.69, 9.17) is 0 Å². The first kappa shape index (κ1) is 7.78. The molecule has 1 unspecified atom stereocenters. The van der Waals surface area contributed by atoms with Crippen LogP contribution in [0.3, 0.4) is 0 Å². The van der Waals surface area contributed by atoms with Gasteiger partial charge in [0.2, 0.25) is 0 Å². The van der Waals surface area contributed by atoms with Crippen molar-refractivity contribution in [1.29, 1.82) is 0 Å². The van der Waals surface area contributed by atoms with Crippen LogP contribution in [0, 0.1) is 6.42 Å². The fourth-order valence-corrected chi connectivity index (χ4v) is 1.81. The highest BCUT2D eigenvalue weighted by atomic mass is 14.7. The molecule has 0 saturated heterocycles. The van der Waals surface area contributed by atoms with E-state index < -0.39 is 0 Å². The maximum Gasteiger partial charge on any atom is 0.0270 e. The largest absolute Gasteiger partial charge is 0.320 e. The molecule has 2 rings (SSSR count). The maximum absolute atomic E-state index is 4.37. The molecule has 64 valence electrons. The van der Waals surface area contributed by atoms with E-state index >= 15 is 0 Å². The Kier molecular flexibility index (Phi) is 2.40. The van der Waals surface area contributed by atoms with Crippen molar-refractivity contribution in [3.63, 3.8) is 0 Å². The monoisotopic (exact) mass is 160 g/mol. The molecule has 1 aromatic heterocycles. The van der Waals surface area contributed by atoms with Crippen LogP contribution in [0.15, 0.2) is 24.4 Å². The minimum atomic E-state index is 0.625. The molecule has 1 aromatic rings. The molecule has 1 saturated carbocycles. The number of rotatable bonds is 1. The molecule has 1 aliphatic rings. The smallest absolute Gasteiger partial charge is 0.0270 e. The van der Waals surface area contributed by atoms with Gasteiger partial charge in [0.05, 0.1) is 0 Å². The number of aromatic nitrogens is 1. The van der Waals surface area contributed by atoms with Gasteiger partial charge in [-0.3, -0.25) is 4.98 Å². The minimum Gasteiger partial charge on any atom is -0.320 e. The van der Waals surface area contributed by atoms with E-state index in [1.807, 2.05) is 12.3 Å². The number of hydrogen-bond donors (Lipinski definition) is 0. The molecule has 0 aliphatic heterocycles. The maximum atomic E-state index is 4.37. The molecule has 1 fully saturated rings. The second-order valence-electron chi connectivity index (χ2n) is 3.38. The summed E-state index contributed by atoms with van der Waals surface area (Å²) in [7, 11) is 0. The van der Waals surface area contributed by atoms with E-state index in [1.54, 1.807) is 0 Å². The lowest BCUT2D eigenvalue weighted by molar-refractivity contribution is 0.526. The van der Waals surface area contributed by atoms with Crippen molar-refractivity contribution in [2.75, 3.05) is 0 Å². The lowest BCUT2D eigenvalue weighted by Crippen LogP contribution is -2.06. The Bertz CT molecular complexity index is 224. The Morgan fingerprint density at radius 1 is 1.33 bits per heavy atom. The predicted octanol–water partition coefficient (Wildman–Crippen LogP) is 2.94. The molecule has 12 heavy (non-hydrogen) atoms. The third-order valence-electron chi connectivity index (χ3n) is 2.49. The van der Waals surface area contributed by atoms with Crippen LogP contribution >= 0.6 is 0 Å². The van der Waals surface area contributed by atoms with Gasteiger partial charge in [-0.2, -0.15) is 6.42 Å². The first-order valence-electron chi connectivity index (χ1n) is 4.71. The van der Waals surface area contributed by atoms with Gasteiger partial charge in [0.1, 0.15) is 0 Å². The molecular formula is C11H14N-. The van der Waals surface area contributed by atoms with Gasteiger partial charge < -0.3 is 6.42 Å². The molecule has 0 aromatic carbocycles. The van der Waals surface area contributed by atoms with Crippen molar-refractivity contribution < 1.29 is 0 Å². The number of pyridine rings is 1. The zero-order chi connectivity index (χ0) is 8.23. The summed E-state index contributed by atoms with van der Waals surface area (Å²) in [5, 5.41) is 0. The van der Waals surface area contributed by atoms with E-state index in [2.05, 4.69) is 23.5 Å². The third kappa shape index (κ3) is 1.66. The Hall–Kier alpha value is -0.850. The van der Waals surface area contributed by atoms with Crippen molar-refractivity contribution in [1.82, 2.24) is 4.98 Å². The summed E-state index contributed by atoms with van der Waals surface area (Å²) in [4.78, 5) is 4.37. The zero-order valence-electron chi connectivity index (χ0n) is 7.24. The summed E-state index contributed by atoms with van der Waals surface area (Å²) in [5.74, 6) is 0.625. The van der Waals surface area contributed by atoms with E-state index in [9.17, 15) is 0 Å². The SMILES string of the molecule is c1ccc(C2[CH-]CCCC2)nc1. The molecule has 1 heterocycles. The van der Waals surface area contributed by atoms with Gasteiger partial charge >= 0.3 is 0 Å². The van der Waals surface area contributed by atoms with E-state index in [1.165, 1.54) is 31.4 Å². The highest BCUT2D eigenvalue weighted by Gasteiger charge is 2.06. The van der Waals surface area contributed by atoms with Crippen molar-refractivity contribution >= 4 is 0 Å². The summed E-state index contributed by atoms with van der Waals surface area (Å²) >= 11 is 0. The molecule has 0 N–H and O–H groups in total. The lowest BCUT2D eigenvalue weighted by Gasteiger charge is -2.30. The summed E-state index contributed by atoms with van der Waals surface area (Å²) in [6.45, 7) is 0. The van der Waals surface area contributed by atoms with Gasteiger partial charge in [-0.1, -0.05) is 25.3 Å². The van der Waals surface area contributed by atoms with Gasteiger partial charge in [0.15, 0.2) is 0 Å². The van der Waals surface area contributed by atoms with Gasteiger partial charge in [-0.05, 0) is 12.1 Å². The molecule has 1 aliphatic carbocycles. The fraction of sp³-hybridized carbons (Fsp3) is 0.455. The molecule has 0 amide bonds. The zero-order valence-corrected chi connectivity index (χ0v) is 7.24. The van der Waals surface area contributed by atoms with Crippen molar-refractivity contribution in [3.8, 4) is 0 Å². The van der Waals surface area contributed by atoms with Crippen molar-refractivity contribution in [3.05, 3.63) is 36.5 Å². The standard InChI is InChI=1S/C11H14N/c1-2-6-10(7-3-1)11-8-4-5-9-12-11/h4-6,8-10H,1-3,7H2/q-1. The molecule has 1 nitrogen and oxygen atoms in total. The molecule has 1 heteroatoms. The van der Waals surface area contributed by atoms with E-state index in [-0.39, 0.29) is 0 Å². The topological polar surface area (TPSA) is 12.9 Å². The third-order valence-corrected chi connectivity index (χ3v) is 2.49. The average Bonchev–Trinajstić information content (AvgIpc) is 2.21. The van der Waals surface area contributed by atoms with Crippen LogP contribution in [0.2, 0.25) is 0 Å². The molecule has 0 spiro atoms. The average molecular weight is 160 g/mol. The Morgan fingerprint density at radius 2 is 2.33 bits per heavy atom. The van der Waals surface area contributed by atoms with Crippen LogP contribution in [0.25, 0.3) is 0 Å². The fourth-order valence-electron chi connectivity index (χ4n) is 1.81. The Balaban J connectivity index is 2.08. The predicted molar refractivity (Wildman–Crippen MR) is 49.7 cm³/mol. The Labute approximate surface area is 73.8 Å². The van der Waals surface area contributed by atoms with Gasteiger partial charge in [0.25, 0.3) is 0 Å². The lowest BCUT2D eigenvalue weighted by atomic mass is 9.87. The van der Waals surface area contributed by atoms with Gasteiger partial charge in [-0.25, -0.2) is 0 Å². The molecule has 0 radical (unpaired) electrons. The first-order valence-corrected chi connectivity index (χ1v) is 4.71. The first-order chi connectivity index (χ1) is 5.97. The van der Waals surface area contributed by atoms with Crippen LogP contribution in [0.4, 0.5) is 0 Å². The quantitative estimate of drug-likeness (QED) is 0.575. The summed E-state index contributed by atoms with van der Waals surface area (Å²) in [6.07, 6.45) is 9.57. The highest BCUT2D eigenvalue weighted by Crippen LogP contribution is 2.29. The van der Waals surface area contributed by atoms with Gasteiger partial charge in [-0.15, -0.1) is 5.92 Å². The summed E-state index contributed by atoms with van der Waals surface area (Å²) < 4.78 is 0. The Morgan fingerprint density at radius 3 is 3.00 bits per heavy atom. The van der Waals surface area contributed by atoms with E-state index in [0.717, 1.165) is 0 Å². The summed E-state index contributed by atoms with van der Waals surface area (Å²) in [5.41, 5.74) is 1.25. The van der Waals surface area contributed by atoms with E-state index in [0.29, 0.717) is 5.92 Å². The van der Waals surface area contributed by atoms with Crippen LogP contribution < -0.4 is 0 Å². The minimum absolute atomic E-state index is 0.625. The molecule has 1 atom stereocenters. The molecule has 0 bridgehead atoms. The van der Waals surface area contributed by atoms with Crippen LogP contribution in [0.5, 0.6) is 0 Å². The van der Waals surface area contributed by atoms with Crippen molar-refractivity contribution in [2.24, 2.45) is 0 Å². The number of hydrogen-bond acceptors (Lipinski definition) is 1. The second-order valence-corrected chi connectivity index (χ2v) is 3.38. The number of nitrogens with zero attached hydrogens (tertiary/aromatic N) is 1. The van der Waals surface area contributed by atoms with Crippen molar-refractivity contribution in [2.45, 2.75) is 31.6 Å². The van der Waals surface area contributed by atoms with Crippen LogP contribution in [-0.2, 0) is 0 Å². The molecular weight excluding hydrogens is 146 g/mol. The second kappa shape index (κ2) is 3.70. The van der Waals surface area contributed by atoms with Gasteiger partial charge in [0, 0.05) is 11.9 Å². The van der Waals surface area contributed by atoms with Crippen LogP contribution in [0.1, 0.15) is 37.3 Å².